The molecule has 6 nitrogen and oxygen atoms in total. The minimum absolute atomic E-state index is 0.128. The van der Waals surface area contributed by atoms with Gasteiger partial charge in [0.15, 0.2) is 18.1 Å². The molecule has 2 N–H and O–H groups in total. The van der Waals surface area contributed by atoms with Gasteiger partial charge in [0, 0.05) is 17.3 Å². The molecule has 0 saturated heterocycles. The molecule has 0 atom stereocenters. The Hall–Kier alpha value is -2.99. The Morgan fingerprint density at radius 2 is 2.04 bits per heavy atom. The van der Waals surface area contributed by atoms with Gasteiger partial charge in [-0.2, -0.15) is 0 Å². The molecule has 2 aromatic rings. The number of hydrogen-bond donors (Lipinski definition) is 2. The molecule has 0 aliphatic carbocycles. The number of ketones is 1. The molecule has 0 spiro atoms. The summed E-state index contributed by atoms with van der Waals surface area (Å²) in [6, 6.07) is 10.3. The Morgan fingerprint density at radius 1 is 1.28 bits per heavy atom. The van der Waals surface area contributed by atoms with Crippen LogP contribution in [0.1, 0.15) is 15.9 Å². The number of rotatable bonds is 5. The van der Waals surface area contributed by atoms with Gasteiger partial charge in [-0.25, -0.2) is 4.79 Å². The fraction of sp³-hybridized carbons (Fsp3) is 0.111. The first kappa shape index (κ1) is 16.9. The minimum atomic E-state index is -1.11. The summed E-state index contributed by atoms with van der Waals surface area (Å²) in [7, 11) is 1.43. The number of benzene rings is 2. The lowest BCUT2D eigenvalue weighted by atomic mass is 10.1. The van der Waals surface area contributed by atoms with Crippen molar-refractivity contribution in [1.82, 2.24) is 0 Å². The highest BCUT2D eigenvalue weighted by atomic mass is 35.5. The Kier molecular flexibility index (Phi) is 4.63. The van der Waals surface area contributed by atoms with E-state index in [1.54, 1.807) is 24.3 Å². The molecule has 0 bridgehead atoms. The quantitative estimate of drug-likeness (QED) is 0.795. The number of anilines is 1. The van der Waals surface area contributed by atoms with E-state index >= 15 is 0 Å². The molecule has 1 aliphatic rings. The zero-order valence-corrected chi connectivity index (χ0v) is 14.0. The van der Waals surface area contributed by atoms with Crippen molar-refractivity contribution in [2.75, 3.05) is 19.0 Å². The Labute approximate surface area is 148 Å². The summed E-state index contributed by atoms with van der Waals surface area (Å²) < 4.78 is 10.4. The van der Waals surface area contributed by atoms with Crippen LogP contribution in [-0.4, -0.2) is 30.6 Å². The van der Waals surface area contributed by atoms with E-state index in [4.69, 9.17) is 26.2 Å². The average molecular weight is 360 g/mol. The topological polar surface area (TPSA) is 84.9 Å². The number of fused-ring (bicyclic) bond motifs is 1. The lowest BCUT2D eigenvalue weighted by Crippen LogP contribution is -2.10. The Morgan fingerprint density at radius 3 is 2.72 bits per heavy atom. The predicted octanol–water partition coefficient (Wildman–Crippen LogP) is 3.46. The van der Waals surface area contributed by atoms with E-state index in [0.29, 0.717) is 27.6 Å². The molecule has 0 unspecified atom stereocenters. The molecular formula is C18H14ClNO5. The van der Waals surface area contributed by atoms with Crippen LogP contribution in [-0.2, 0) is 4.79 Å². The van der Waals surface area contributed by atoms with Gasteiger partial charge in [-0.3, -0.25) is 4.79 Å². The number of Topliss-reactive ketones (excluding diaryl/α,β-unsaturated/α-hetero) is 1. The average Bonchev–Trinajstić information content (AvgIpc) is 2.91. The Balaban J connectivity index is 1.93. The fourth-order valence-electron chi connectivity index (χ4n) is 2.47. The van der Waals surface area contributed by atoms with Gasteiger partial charge >= 0.3 is 5.97 Å². The maximum atomic E-state index is 12.4. The zero-order valence-electron chi connectivity index (χ0n) is 13.2. The molecule has 128 valence electrons. The van der Waals surface area contributed by atoms with Crippen LogP contribution >= 0.6 is 11.6 Å². The molecule has 1 aliphatic heterocycles. The number of allylic oxidation sites excluding steroid dienone is 1. The van der Waals surface area contributed by atoms with E-state index in [0.717, 1.165) is 5.69 Å². The van der Waals surface area contributed by atoms with E-state index in [9.17, 15) is 9.59 Å². The summed E-state index contributed by atoms with van der Waals surface area (Å²) in [5, 5.41) is 12.1. The molecule has 25 heavy (non-hydrogen) atoms. The monoisotopic (exact) mass is 359 g/mol. The molecule has 0 radical (unpaired) electrons. The number of carbonyl (C=O) groups is 2. The van der Waals surface area contributed by atoms with Crippen molar-refractivity contribution in [3.05, 3.63) is 58.2 Å². The second-order valence-corrected chi connectivity index (χ2v) is 5.67. The lowest BCUT2D eigenvalue weighted by molar-refractivity contribution is -0.139. The third-order valence-corrected chi connectivity index (χ3v) is 3.95. The van der Waals surface area contributed by atoms with Crippen molar-refractivity contribution in [2.45, 2.75) is 0 Å². The highest BCUT2D eigenvalue weighted by molar-refractivity contribution is 6.32. The predicted molar refractivity (Wildman–Crippen MR) is 93.5 cm³/mol. The van der Waals surface area contributed by atoms with Gasteiger partial charge in [-0.1, -0.05) is 23.7 Å². The molecule has 0 saturated carbocycles. The number of carboxylic acids is 1. The molecule has 0 fully saturated rings. The summed E-state index contributed by atoms with van der Waals surface area (Å²) in [6.07, 6.45) is 1.62. The maximum absolute atomic E-state index is 12.4. The van der Waals surface area contributed by atoms with E-state index in [1.807, 2.05) is 12.1 Å². The van der Waals surface area contributed by atoms with Crippen LogP contribution in [0.5, 0.6) is 11.5 Å². The molecule has 1 heterocycles. The number of halogens is 1. The van der Waals surface area contributed by atoms with Crippen molar-refractivity contribution in [3.8, 4) is 11.5 Å². The lowest BCUT2D eigenvalue weighted by Gasteiger charge is -2.11. The van der Waals surface area contributed by atoms with Gasteiger partial charge in [-0.15, -0.1) is 0 Å². The van der Waals surface area contributed by atoms with E-state index < -0.39 is 12.6 Å². The smallest absolute Gasteiger partial charge is 0.341 e. The van der Waals surface area contributed by atoms with Crippen molar-refractivity contribution < 1.29 is 24.2 Å². The largest absolute Gasteiger partial charge is 0.493 e. The van der Waals surface area contributed by atoms with Gasteiger partial charge < -0.3 is 19.9 Å². The highest BCUT2D eigenvalue weighted by Crippen LogP contribution is 2.36. The van der Waals surface area contributed by atoms with Crippen LogP contribution in [0.2, 0.25) is 5.02 Å². The number of ether oxygens (including phenoxy) is 2. The van der Waals surface area contributed by atoms with Crippen molar-refractivity contribution in [3.63, 3.8) is 0 Å². The number of carboxylic acid groups (broad SMARTS) is 1. The zero-order chi connectivity index (χ0) is 18.0. The standard InChI is InChI=1S/C18H14ClNO5/c1-24-15-7-10(12(19)8-16(15)25-9-17(21)22)6-14-18(23)11-4-2-3-5-13(11)20-14/h2-8,20H,9H2,1H3,(H,21,22)/b14-6+. The summed E-state index contributed by atoms with van der Waals surface area (Å²) in [5.41, 5.74) is 2.27. The minimum Gasteiger partial charge on any atom is -0.493 e. The van der Waals surface area contributed by atoms with Crippen LogP contribution < -0.4 is 14.8 Å². The highest BCUT2D eigenvalue weighted by Gasteiger charge is 2.24. The number of aliphatic carboxylic acids is 1. The molecule has 0 amide bonds. The first-order valence-corrected chi connectivity index (χ1v) is 7.72. The van der Waals surface area contributed by atoms with Crippen LogP contribution in [0.3, 0.4) is 0 Å². The Bertz CT molecular complexity index is 891. The number of methoxy groups -OCH3 is 1. The fourth-order valence-corrected chi connectivity index (χ4v) is 2.68. The summed E-state index contributed by atoms with van der Waals surface area (Å²) >= 11 is 6.24. The van der Waals surface area contributed by atoms with Crippen molar-refractivity contribution in [2.24, 2.45) is 0 Å². The van der Waals surface area contributed by atoms with Gasteiger partial charge in [0.25, 0.3) is 0 Å². The molecule has 7 heteroatoms. The maximum Gasteiger partial charge on any atom is 0.341 e. The molecule has 2 aromatic carbocycles. The molecule has 3 rings (SSSR count). The number of nitrogens with one attached hydrogen (secondary N) is 1. The second kappa shape index (κ2) is 6.86. The SMILES string of the molecule is COc1cc(/C=C2/Nc3ccccc3C2=O)c(Cl)cc1OCC(=O)O. The number of carbonyl (C=O) groups excluding carboxylic acids is 1. The van der Waals surface area contributed by atoms with E-state index in [2.05, 4.69) is 5.32 Å². The third-order valence-electron chi connectivity index (χ3n) is 3.62. The van der Waals surface area contributed by atoms with Crippen molar-refractivity contribution in [1.29, 1.82) is 0 Å². The van der Waals surface area contributed by atoms with Crippen LogP contribution in [0.15, 0.2) is 42.1 Å². The molecule has 0 aromatic heterocycles. The van der Waals surface area contributed by atoms with Crippen LogP contribution in [0.25, 0.3) is 6.08 Å². The van der Waals surface area contributed by atoms with Gasteiger partial charge in [0.05, 0.1) is 17.8 Å². The summed E-state index contributed by atoms with van der Waals surface area (Å²) in [6.45, 7) is -0.511. The third kappa shape index (κ3) is 3.44. The van der Waals surface area contributed by atoms with Gasteiger partial charge in [0.2, 0.25) is 5.78 Å². The number of para-hydroxylation sites is 1. The first-order valence-electron chi connectivity index (χ1n) is 7.34. The number of hydrogen-bond acceptors (Lipinski definition) is 5. The molecular weight excluding hydrogens is 346 g/mol. The second-order valence-electron chi connectivity index (χ2n) is 5.26. The van der Waals surface area contributed by atoms with Crippen molar-refractivity contribution >= 4 is 35.1 Å². The summed E-state index contributed by atoms with van der Waals surface area (Å²) in [4.78, 5) is 23.1. The van der Waals surface area contributed by atoms with Crippen LogP contribution in [0, 0.1) is 0 Å². The van der Waals surface area contributed by atoms with Gasteiger partial charge in [-0.05, 0) is 29.8 Å². The van der Waals surface area contributed by atoms with Gasteiger partial charge in [0.1, 0.15) is 0 Å². The summed E-state index contributed by atoms with van der Waals surface area (Å²) in [5.74, 6) is -0.703. The van der Waals surface area contributed by atoms with E-state index in [-0.39, 0.29) is 11.5 Å². The first-order chi connectivity index (χ1) is 12.0. The van der Waals surface area contributed by atoms with E-state index in [1.165, 1.54) is 13.2 Å². The normalized spacial score (nSPS) is 14.2. The van der Waals surface area contributed by atoms with Crippen LogP contribution in [0.4, 0.5) is 5.69 Å².